The van der Waals surface area contributed by atoms with Gasteiger partial charge >= 0.3 is 0 Å². The van der Waals surface area contributed by atoms with E-state index >= 15 is 0 Å². The van der Waals surface area contributed by atoms with E-state index in [1.54, 1.807) is 0 Å². The van der Waals surface area contributed by atoms with Crippen LogP contribution < -0.4 is 10.1 Å². The lowest BCUT2D eigenvalue weighted by molar-refractivity contribution is -0.123. The van der Waals surface area contributed by atoms with Gasteiger partial charge in [-0.05, 0) is 28.2 Å². The van der Waals surface area contributed by atoms with Crippen LogP contribution in [0.2, 0.25) is 0 Å². The Bertz CT molecular complexity index is 859. The predicted octanol–water partition coefficient (Wildman–Crippen LogP) is 5.27. The Labute approximate surface area is 167 Å². The maximum atomic E-state index is 12.7. The van der Waals surface area contributed by atoms with Gasteiger partial charge in [0.25, 0.3) is 5.91 Å². The fourth-order valence-corrected chi connectivity index (χ4v) is 3.21. The highest BCUT2D eigenvalue weighted by molar-refractivity contribution is 5.78. The average molecular weight is 373 g/mol. The fraction of sp³-hybridized carbons (Fsp3) is 0.240. The molecule has 0 unspecified atom stereocenters. The third-order valence-electron chi connectivity index (χ3n) is 4.62. The van der Waals surface area contributed by atoms with E-state index in [0.717, 1.165) is 22.4 Å². The largest absolute Gasteiger partial charge is 0.483 e. The standard InChI is InChI=1S/C25H27NO2/c1-25(2,3)21-16-10-11-17-22(21)28-18-23(27)26-24(19-12-6-4-7-13-19)20-14-8-5-9-15-20/h4-17,24H,18H2,1-3H3,(H,26,27). The van der Waals surface area contributed by atoms with Crippen LogP contribution in [-0.4, -0.2) is 12.5 Å². The molecule has 0 aliphatic carbocycles. The Hall–Kier alpha value is -3.07. The molecule has 0 bridgehead atoms. The summed E-state index contributed by atoms with van der Waals surface area (Å²) in [5, 5.41) is 3.11. The van der Waals surface area contributed by atoms with Crippen LogP contribution in [-0.2, 0) is 10.2 Å². The van der Waals surface area contributed by atoms with Crippen molar-refractivity contribution in [1.29, 1.82) is 0 Å². The van der Waals surface area contributed by atoms with Crippen LogP contribution >= 0.6 is 0 Å². The molecule has 0 saturated heterocycles. The summed E-state index contributed by atoms with van der Waals surface area (Å²) >= 11 is 0. The molecule has 1 N–H and O–H groups in total. The summed E-state index contributed by atoms with van der Waals surface area (Å²) in [6.45, 7) is 6.38. The quantitative estimate of drug-likeness (QED) is 0.639. The third-order valence-corrected chi connectivity index (χ3v) is 4.62. The van der Waals surface area contributed by atoms with E-state index in [-0.39, 0.29) is 24.0 Å². The first-order valence-electron chi connectivity index (χ1n) is 9.57. The van der Waals surface area contributed by atoms with E-state index in [1.807, 2.05) is 84.9 Å². The zero-order chi connectivity index (χ0) is 20.0. The highest BCUT2D eigenvalue weighted by Gasteiger charge is 2.20. The molecule has 3 aromatic carbocycles. The number of amides is 1. The summed E-state index contributed by atoms with van der Waals surface area (Å²) in [6, 6.07) is 27.6. The van der Waals surface area contributed by atoms with E-state index < -0.39 is 0 Å². The first-order valence-corrected chi connectivity index (χ1v) is 9.57. The second-order valence-corrected chi connectivity index (χ2v) is 7.86. The van der Waals surface area contributed by atoms with Crippen molar-refractivity contribution < 1.29 is 9.53 Å². The normalized spacial score (nSPS) is 11.3. The smallest absolute Gasteiger partial charge is 0.258 e. The molecule has 0 saturated carbocycles. The van der Waals surface area contributed by atoms with Crippen molar-refractivity contribution >= 4 is 5.91 Å². The van der Waals surface area contributed by atoms with E-state index in [1.165, 1.54) is 0 Å². The molecule has 0 aromatic heterocycles. The van der Waals surface area contributed by atoms with Gasteiger partial charge in [-0.3, -0.25) is 4.79 Å². The third kappa shape index (κ3) is 5.01. The summed E-state index contributed by atoms with van der Waals surface area (Å²) in [4.78, 5) is 12.7. The lowest BCUT2D eigenvalue weighted by Gasteiger charge is -2.23. The van der Waals surface area contributed by atoms with Crippen molar-refractivity contribution in [1.82, 2.24) is 5.32 Å². The van der Waals surface area contributed by atoms with Crippen molar-refractivity contribution in [2.45, 2.75) is 32.2 Å². The van der Waals surface area contributed by atoms with Crippen LogP contribution in [0.5, 0.6) is 5.75 Å². The highest BCUT2D eigenvalue weighted by atomic mass is 16.5. The minimum atomic E-state index is -0.212. The number of carbonyl (C=O) groups excluding carboxylic acids is 1. The monoisotopic (exact) mass is 373 g/mol. The maximum absolute atomic E-state index is 12.7. The van der Waals surface area contributed by atoms with E-state index in [4.69, 9.17) is 4.74 Å². The molecule has 0 fully saturated rings. The molecule has 3 heteroatoms. The number of hydrogen-bond acceptors (Lipinski definition) is 2. The van der Waals surface area contributed by atoms with Gasteiger partial charge in [-0.2, -0.15) is 0 Å². The number of ether oxygens (including phenoxy) is 1. The molecular formula is C25H27NO2. The number of hydrogen-bond donors (Lipinski definition) is 1. The summed E-state index contributed by atoms with van der Waals surface area (Å²) in [5.74, 6) is 0.600. The van der Waals surface area contributed by atoms with Gasteiger partial charge in [-0.1, -0.05) is 99.6 Å². The van der Waals surface area contributed by atoms with Gasteiger partial charge in [0.2, 0.25) is 0 Å². The lowest BCUT2D eigenvalue weighted by Crippen LogP contribution is -2.33. The second-order valence-electron chi connectivity index (χ2n) is 7.86. The van der Waals surface area contributed by atoms with Crippen LogP contribution in [0.25, 0.3) is 0 Å². The zero-order valence-electron chi connectivity index (χ0n) is 16.7. The zero-order valence-corrected chi connectivity index (χ0v) is 16.7. The van der Waals surface area contributed by atoms with Gasteiger partial charge in [0.1, 0.15) is 5.75 Å². The molecule has 0 spiro atoms. The molecule has 0 atom stereocenters. The summed E-state index contributed by atoms with van der Waals surface area (Å²) in [6.07, 6.45) is 0. The van der Waals surface area contributed by atoms with Crippen molar-refractivity contribution in [2.75, 3.05) is 6.61 Å². The van der Waals surface area contributed by atoms with E-state index in [0.29, 0.717) is 0 Å². The molecule has 0 radical (unpaired) electrons. The van der Waals surface area contributed by atoms with E-state index in [9.17, 15) is 4.79 Å². The van der Waals surface area contributed by atoms with Crippen molar-refractivity contribution in [3.05, 3.63) is 102 Å². The highest BCUT2D eigenvalue weighted by Crippen LogP contribution is 2.31. The van der Waals surface area contributed by atoms with Gasteiger partial charge < -0.3 is 10.1 Å². The SMILES string of the molecule is CC(C)(C)c1ccccc1OCC(=O)NC(c1ccccc1)c1ccccc1. The van der Waals surface area contributed by atoms with Gasteiger partial charge in [-0.25, -0.2) is 0 Å². The Morgan fingerprint density at radius 3 is 1.86 bits per heavy atom. The molecule has 3 aromatic rings. The number of para-hydroxylation sites is 1. The molecule has 144 valence electrons. The van der Waals surface area contributed by atoms with Crippen LogP contribution in [0.3, 0.4) is 0 Å². The fourth-order valence-electron chi connectivity index (χ4n) is 3.21. The molecule has 0 aliphatic heterocycles. The Morgan fingerprint density at radius 1 is 0.821 bits per heavy atom. The van der Waals surface area contributed by atoms with Crippen molar-refractivity contribution in [3.63, 3.8) is 0 Å². The molecule has 3 nitrogen and oxygen atoms in total. The maximum Gasteiger partial charge on any atom is 0.258 e. The van der Waals surface area contributed by atoms with Crippen LogP contribution in [0.4, 0.5) is 0 Å². The summed E-state index contributed by atoms with van der Waals surface area (Å²) < 4.78 is 5.89. The molecule has 0 aliphatic rings. The lowest BCUT2D eigenvalue weighted by atomic mass is 9.86. The Balaban J connectivity index is 1.74. The van der Waals surface area contributed by atoms with E-state index in [2.05, 4.69) is 26.1 Å². The Kier molecular flexibility index (Phi) is 6.15. The van der Waals surface area contributed by atoms with Gasteiger partial charge in [-0.15, -0.1) is 0 Å². The summed E-state index contributed by atoms with van der Waals surface area (Å²) in [5.41, 5.74) is 3.11. The molecule has 3 rings (SSSR count). The number of benzene rings is 3. The molecule has 0 heterocycles. The minimum Gasteiger partial charge on any atom is -0.483 e. The number of carbonyl (C=O) groups is 1. The van der Waals surface area contributed by atoms with Gasteiger partial charge in [0.05, 0.1) is 6.04 Å². The van der Waals surface area contributed by atoms with Gasteiger partial charge in [0.15, 0.2) is 6.61 Å². The van der Waals surface area contributed by atoms with Crippen LogP contribution in [0.15, 0.2) is 84.9 Å². The Morgan fingerprint density at radius 2 is 1.32 bits per heavy atom. The second kappa shape index (κ2) is 8.75. The van der Waals surface area contributed by atoms with Crippen LogP contribution in [0.1, 0.15) is 43.5 Å². The first-order chi connectivity index (χ1) is 13.4. The van der Waals surface area contributed by atoms with Gasteiger partial charge in [0, 0.05) is 0 Å². The predicted molar refractivity (Wildman–Crippen MR) is 114 cm³/mol. The molecule has 1 amide bonds. The topological polar surface area (TPSA) is 38.3 Å². The average Bonchev–Trinajstić information content (AvgIpc) is 2.71. The number of nitrogens with one attached hydrogen (secondary N) is 1. The van der Waals surface area contributed by atoms with Crippen molar-refractivity contribution in [2.24, 2.45) is 0 Å². The number of rotatable bonds is 6. The first kappa shape index (κ1) is 19.7. The summed E-state index contributed by atoms with van der Waals surface area (Å²) in [7, 11) is 0. The minimum absolute atomic E-state index is 0.0245. The molecular weight excluding hydrogens is 346 g/mol. The molecule has 28 heavy (non-hydrogen) atoms. The van der Waals surface area contributed by atoms with Crippen molar-refractivity contribution in [3.8, 4) is 5.75 Å². The van der Waals surface area contributed by atoms with Crippen LogP contribution in [0, 0.1) is 0 Å².